The van der Waals surface area contributed by atoms with Gasteiger partial charge in [-0.25, -0.2) is 0 Å². The zero-order valence-electron chi connectivity index (χ0n) is 12.9. The maximum Gasteiger partial charge on any atom is 0.160 e. The molecule has 110 valence electrons. The van der Waals surface area contributed by atoms with E-state index in [1.807, 2.05) is 67.6 Å². The van der Waals surface area contributed by atoms with Gasteiger partial charge in [-0.1, -0.05) is 78.9 Å². The van der Waals surface area contributed by atoms with Gasteiger partial charge in [-0.05, 0) is 12.5 Å². The Morgan fingerprint density at radius 3 is 2.10 bits per heavy atom. The molecule has 0 bridgehead atoms. The van der Waals surface area contributed by atoms with E-state index in [2.05, 4.69) is 13.1 Å². The summed E-state index contributed by atoms with van der Waals surface area (Å²) < 4.78 is 5.78. The molecular weight excluding hydrogens is 276 g/mol. The van der Waals surface area contributed by atoms with Crippen molar-refractivity contribution in [3.8, 4) is 0 Å². The molecule has 0 spiro atoms. The minimum absolute atomic E-state index is 0.240. The lowest BCUT2D eigenvalue weighted by Gasteiger charge is -2.25. The molecule has 0 unspecified atom stereocenters. The molecule has 2 rings (SSSR count). The second kappa shape index (κ2) is 6.83. The molecule has 0 radical (unpaired) electrons. The fourth-order valence-corrected chi connectivity index (χ4v) is 4.79. The molecule has 2 aromatic rings. The molecule has 0 fully saturated rings. The van der Waals surface area contributed by atoms with Crippen LogP contribution in [0.4, 0.5) is 0 Å². The number of hydrogen-bond acceptors (Lipinski definition) is 2. The lowest BCUT2D eigenvalue weighted by atomic mass is 10.2. The molecule has 2 nitrogen and oxygen atoms in total. The smallest absolute Gasteiger partial charge is 0.160 e. The summed E-state index contributed by atoms with van der Waals surface area (Å²) in [5, 5.41) is 1.40. The number of carbonyl (C=O) groups is 1. The maximum atomic E-state index is 12.7. The average molecular weight is 298 g/mol. The van der Waals surface area contributed by atoms with Gasteiger partial charge < -0.3 is 9.53 Å². The van der Waals surface area contributed by atoms with Gasteiger partial charge in [0.05, 0.1) is 6.61 Å². The first-order chi connectivity index (χ1) is 10.0. The maximum absolute atomic E-state index is 12.7. The van der Waals surface area contributed by atoms with Crippen molar-refractivity contribution >= 4 is 18.7 Å². The van der Waals surface area contributed by atoms with Gasteiger partial charge >= 0.3 is 0 Å². The predicted molar refractivity (Wildman–Crippen MR) is 89.3 cm³/mol. The van der Waals surface area contributed by atoms with Crippen LogP contribution in [0.2, 0.25) is 13.1 Å². The van der Waals surface area contributed by atoms with Crippen molar-refractivity contribution in [1.29, 1.82) is 0 Å². The molecule has 0 saturated heterocycles. The Morgan fingerprint density at radius 2 is 1.52 bits per heavy atom. The van der Waals surface area contributed by atoms with Crippen molar-refractivity contribution in [3.63, 3.8) is 0 Å². The average Bonchev–Trinajstić information content (AvgIpc) is 2.53. The molecule has 3 heteroatoms. The van der Waals surface area contributed by atoms with Gasteiger partial charge in [0.1, 0.15) is 11.5 Å². The van der Waals surface area contributed by atoms with Crippen LogP contribution in [0, 0.1) is 0 Å². The molecule has 0 aromatic heterocycles. The predicted octanol–water partition coefficient (Wildman–Crippen LogP) is 3.32. The second-order valence-electron chi connectivity index (χ2n) is 5.79. The summed E-state index contributed by atoms with van der Waals surface area (Å²) in [5.74, 6) is 0. The number of ether oxygens (including phenoxy) is 1. The molecular formula is C18H22O2Si. The Kier molecular flexibility index (Phi) is 5.10. The highest BCUT2D eigenvalue weighted by atomic mass is 28.3. The van der Waals surface area contributed by atoms with Crippen molar-refractivity contribution in [3.05, 3.63) is 66.2 Å². The van der Waals surface area contributed by atoms with Crippen LogP contribution in [0.25, 0.3) is 0 Å². The minimum atomic E-state index is -2.15. The van der Waals surface area contributed by atoms with E-state index in [9.17, 15) is 4.79 Å². The van der Waals surface area contributed by atoms with Crippen molar-refractivity contribution in [2.75, 3.05) is 0 Å². The molecule has 0 heterocycles. The molecule has 0 aliphatic carbocycles. The Morgan fingerprint density at radius 1 is 1.00 bits per heavy atom. The summed E-state index contributed by atoms with van der Waals surface area (Å²) in [6.45, 7) is 6.52. The second-order valence-corrected chi connectivity index (χ2v) is 10.1. The van der Waals surface area contributed by atoms with Gasteiger partial charge in [-0.2, -0.15) is 0 Å². The Labute approximate surface area is 127 Å². The third kappa shape index (κ3) is 3.90. The minimum Gasteiger partial charge on any atom is -0.367 e. The van der Waals surface area contributed by atoms with Crippen molar-refractivity contribution in [2.45, 2.75) is 32.7 Å². The van der Waals surface area contributed by atoms with E-state index in [1.54, 1.807) is 0 Å². The first-order valence-electron chi connectivity index (χ1n) is 7.27. The van der Waals surface area contributed by atoms with Gasteiger partial charge in [0, 0.05) is 0 Å². The van der Waals surface area contributed by atoms with E-state index in [-0.39, 0.29) is 11.5 Å². The lowest BCUT2D eigenvalue weighted by molar-refractivity contribution is -0.123. The quantitative estimate of drug-likeness (QED) is 0.765. The molecule has 0 saturated carbocycles. The van der Waals surface area contributed by atoms with E-state index in [1.165, 1.54) is 0 Å². The summed E-state index contributed by atoms with van der Waals surface area (Å²) >= 11 is 0. The first kappa shape index (κ1) is 15.7. The summed E-state index contributed by atoms with van der Waals surface area (Å²) in [4.78, 5) is 12.7. The lowest BCUT2D eigenvalue weighted by Crippen LogP contribution is -2.54. The van der Waals surface area contributed by atoms with E-state index in [0.29, 0.717) is 6.61 Å². The zero-order chi connectivity index (χ0) is 15.3. The van der Waals surface area contributed by atoms with E-state index < -0.39 is 8.07 Å². The number of benzene rings is 2. The largest absolute Gasteiger partial charge is 0.367 e. The molecule has 2 aromatic carbocycles. The summed E-state index contributed by atoms with van der Waals surface area (Å²) in [5.41, 5.74) is 1.09. The number of rotatable bonds is 6. The van der Waals surface area contributed by atoms with Crippen LogP contribution >= 0.6 is 0 Å². The molecule has 0 aliphatic rings. The molecule has 0 N–H and O–H groups in total. The van der Waals surface area contributed by atoms with Crippen LogP contribution in [0.3, 0.4) is 0 Å². The van der Waals surface area contributed by atoms with Crippen molar-refractivity contribution < 1.29 is 9.53 Å². The Hall–Kier alpha value is -1.71. The normalized spacial score (nSPS) is 12.9. The van der Waals surface area contributed by atoms with E-state index in [0.717, 1.165) is 10.8 Å². The molecule has 0 amide bonds. The van der Waals surface area contributed by atoms with Crippen LogP contribution in [-0.2, 0) is 16.1 Å². The summed E-state index contributed by atoms with van der Waals surface area (Å²) in [7, 11) is -2.15. The molecule has 1 atom stereocenters. The van der Waals surface area contributed by atoms with Crippen LogP contribution in [-0.4, -0.2) is 19.6 Å². The standard InChI is InChI=1S/C18H22O2Si/c1-15(20-14-16-10-6-4-7-11-16)18(19)21(2,3)17-12-8-5-9-13-17/h4-13,15H,14H2,1-3H3/t15-/m0/s1. The van der Waals surface area contributed by atoms with E-state index in [4.69, 9.17) is 4.74 Å². The van der Waals surface area contributed by atoms with Gasteiger partial charge in [-0.15, -0.1) is 0 Å². The van der Waals surface area contributed by atoms with Crippen molar-refractivity contribution in [2.24, 2.45) is 0 Å². The Balaban J connectivity index is 2.02. The summed E-state index contributed by atoms with van der Waals surface area (Å²) in [6, 6.07) is 20.0. The van der Waals surface area contributed by atoms with Gasteiger partial charge in [0.15, 0.2) is 8.07 Å². The molecule has 21 heavy (non-hydrogen) atoms. The third-order valence-electron chi connectivity index (χ3n) is 3.82. The van der Waals surface area contributed by atoms with Gasteiger partial charge in [0.2, 0.25) is 0 Å². The topological polar surface area (TPSA) is 26.3 Å². The highest BCUT2D eigenvalue weighted by molar-refractivity contribution is 7.13. The zero-order valence-corrected chi connectivity index (χ0v) is 13.9. The van der Waals surface area contributed by atoms with Crippen LogP contribution in [0.5, 0.6) is 0 Å². The highest BCUT2D eigenvalue weighted by Gasteiger charge is 2.36. The fraction of sp³-hybridized carbons (Fsp3) is 0.278. The Bertz CT molecular complexity index is 579. The number of carbonyl (C=O) groups excluding carboxylic acids is 1. The van der Waals surface area contributed by atoms with Crippen LogP contribution < -0.4 is 5.19 Å². The first-order valence-corrected chi connectivity index (χ1v) is 10.3. The van der Waals surface area contributed by atoms with Crippen molar-refractivity contribution in [1.82, 2.24) is 0 Å². The van der Waals surface area contributed by atoms with Crippen LogP contribution in [0.1, 0.15) is 12.5 Å². The van der Waals surface area contributed by atoms with Gasteiger partial charge in [0.25, 0.3) is 0 Å². The van der Waals surface area contributed by atoms with E-state index >= 15 is 0 Å². The third-order valence-corrected chi connectivity index (χ3v) is 7.24. The highest BCUT2D eigenvalue weighted by Crippen LogP contribution is 2.12. The number of hydrogen-bond donors (Lipinski definition) is 0. The van der Waals surface area contributed by atoms with Crippen LogP contribution in [0.15, 0.2) is 60.7 Å². The summed E-state index contributed by atoms with van der Waals surface area (Å²) in [6.07, 6.45) is -0.368. The SMILES string of the molecule is C[C@H](OCc1ccccc1)C(=O)[Si](C)(C)c1ccccc1. The fourth-order valence-electron chi connectivity index (χ4n) is 2.38. The molecule has 0 aliphatic heterocycles. The van der Waals surface area contributed by atoms with Gasteiger partial charge in [-0.3, -0.25) is 0 Å². The monoisotopic (exact) mass is 298 g/mol.